The van der Waals surface area contributed by atoms with E-state index in [0.717, 1.165) is 16.1 Å². The third kappa shape index (κ3) is 8.29. The largest absolute Gasteiger partial charge is 0.352 e. The van der Waals surface area contributed by atoms with Crippen LogP contribution in [0.25, 0.3) is 0 Å². The van der Waals surface area contributed by atoms with Gasteiger partial charge >= 0.3 is 0 Å². The molecule has 0 saturated carbocycles. The molecule has 0 unspecified atom stereocenters. The Hall–Kier alpha value is -3.43. The predicted octanol–water partition coefficient (Wildman–Crippen LogP) is 4.41. The van der Waals surface area contributed by atoms with Gasteiger partial charge in [-0.15, -0.1) is 0 Å². The highest BCUT2D eigenvalue weighted by atomic mass is 35.5. The number of hydrogen-bond acceptors (Lipinski definition) is 4. The Labute approximate surface area is 228 Å². The van der Waals surface area contributed by atoms with Gasteiger partial charge < -0.3 is 10.2 Å². The minimum Gasteiger partial charge on any atom is -0.352 e. The fourth-order valence-electron chi connectivity index (χ4n) is 3.97. The van der Waals surface area contributed by atoms with Crippen molar-refractivity contribution in [3.63, 3.8) is 0 Å². The Kier molecular flexibility index (Phi) is 9.88. The van der Waals surface area contributed by atoms with Crippen molar-refractivity contribution in [1.29, 1.82) is 0 Å². The third-order valence-corrected chi connectivity index (χ3v) is 7.12. The van der Waals surface area contributed by atoms with Crippen LogP contribution in [0.4, 0.5) is 10.1 Å². The van der Waals surface area contributed by atoms with Gasteiger partial charge in [0.1, 0.15) is 18.4 Å². The number of nitrogens with one attached hydrogen (secondary N) is 1. The van der Waals surface area contributed by atoms with E-state index in [2.05, 4.69) is 5.32 Å². The van der Waals surface area contributed by atoms with Crippen LogP contribution >= 0.6 is 11.6 Å². The number of carbonyl (C=O) groups excluding carboxylic acids is 2. The van der Waals surface area contributed by atoms with E-state index in [-0.39, 0.29) is 30.6 Å². The van der Waals surface area contributed by atoms with E-state index in [0.29, 0.717) is 10.6 Å². The van der Waals surface area contributed by atoms with Crippen LogP contribution in [0.5, 0.6) is 0 Å². The monoisotopic (exact) mass is 559 g/mol. The topological polar surface area (TPSA) is 86.8 Å². The lowest BCUT2D eigenvalue weighted by Gasteiger charge is -2.34. The first-order valence-corrected chi connectivity index (χ1v) is 14.3. The summed E-state index contributed by atoms with van der Waals surface area (Å²) in [5.74, 6) is -1.42. The lowest BCUT2D eigenvalue weighted by atomic mass is 10.0. The van der Waals surface area contributed by atoms with Gasteiger partial charge in [-0.05, 0) is 55.3 Å². The molecular formula is C28H31ClFN3O4S. The number of hydrogen-bond donors (Lipinski definition) is 1. The smallest absolute Gasteiger partial charge is 0.244 e. The maximum absolute atomic E-state index is 13.9. The number of halogens is 2. The van der Waals surface area contributed by atoms with Crippen LogP contribution in [-0.2, 0) is 32.6 Å². The summed E-state index contributed by atoms with van der Waals surface area (Å²) < 4.78 is 40.0. The van der Waals surface area contributed by atoms with Gasteiger partial charge in [0.15, 0.2) is 0 Å². The summed E-state index contributed by atoms with van der Waals surface area (Å²) in [5.41, 5.74) is 1.63. The summed E-state index contributed by atoms with van der Waals surface area (Å²) in [6, 6.07) is 19.9. The van der Waals surface area contributed by atoms with Crippen molar-refractivity contribution < 1.29 is 22.4 Å². The van der Waals surface area contributed by atoms with Crippen molar-refractivity contribution in [2.45, 2.75) is 38.9 Å². The summed E-state index contributed by atoms with van der Waals surface area (Å²) in [7, 11) is -3.89. The maximum Gasteiger partial charge on any atom is 0.244 e. The number of rotatable bonds is 11. The zero-order valence-corrected chi connectivity index (χ0v) is 23.0. The normalized spacial score (nSPS) is 12.2. The van der Waals surface area contributed by atoms with E-state index in [1.807, 2.05) is 44.2 Å². The van der Waals surface area contributed by atoms with Gasteiger partial charge in [0.2, 0.25) is 21.8 Å². The fraction of sp³-hybridized carbons (Fsp3) is 0.286. The lowest BCUT2D eigenvalue weighted by Crippen LogP contribution is -2.54. The van der Waals surface area contributed by atoms with Crippen LogP contribution in [-0.4, -0.2) is 50.0 Å². The summed E-state index contributed by atoms with van der Waals surface area (Å²) in [5, 5.41) is 3.18. The predicted molar refractivity (Wildman–Crippen MR) is 148 cm³/mol. The molecule has 0 fully saturated rings. The maximum atomic E-state index is 13.9. The van der Waals surface area contributed by atoms with Gasteiger partial charge in [-0.3, -0.25) is 13.9 Å². The van der Waals surface area contributed by atoms with Crippen molar-refractivity contribution >= 4 is 39.1 Å². The summed E-state index contributed by atoms with van der Waals surface area (Å²) in [6.07, 6.45) is 1.20. The first-order chi connectivity index (χ1) is 17.9. The fourth-order valence-corrected chi connectivity index (χ4v) is 4.99. The molecule has 10 heteroatoms. The minimum absolute atomic E-state index is 0.0325. The van der Waals surface area contributed by atoms with Crippen molar-refractivity contribution in [2.75, 3.05) is 17.1 Å². The van der Waals surface area contributed by atoms with Gasteiger partial charge in [0.25, 0.3) is 0 Å². The minimum atomic E-state index is -3.89. The van der Waals surface area contributed by atoms with Crippen LogP contribution in [0.3, 0.4) is 0 Å². The quantitative estimate of drug-likeness (QED) is 0.377. The molecular weight excluding hydrogens is 529 g/mol. The molecule has 0 radical (unpaired) electrons. The van der Waals surface area contributed by atoms with Gasteiger partial charge in [-0.2, -0.15) is 0 Å². The zero-order chi connectivity index (χ0) is 27.9. The summed E-state index contributed by atoms with van der Waals surface area (Å²) >= 11 is 6.09. The molecule has 38 heavy (non-hydrogen) atoms. The van der Waals surface area contributed by atoms with E-state index in [1.54, 1.807) is 12.1 Å². The van der Waals surface area contributed by atoms with Crippen LogP contribution in [0.15, 0.2) is 78.9 Å². The standard InChI is InChI=1S/C28H31ClFN3O4S/c1-20(2)31-28(35)26(16-21-8-5-4-6-9-21)32(18-22-12-14-24(30)15-13-22)27(34)19-33(38(3,36)37)25-11-7-10-23(29)17-25/h4-15,17,20,26H,16,18-19H2,1-3H3,(H,31,35)/t26-/m0/s1. The van der Waals surface area contributed by atoms with Gasteiger partial charge in [-0.1, -0.05) is 60.1 Å². The van der Waals surface area contributed by atoms with Crippen LogP contribution in [0, 0.1) is 5.82 Å². The summed E-state index contributed by atoms with van der Waals surface area (Å²) in [4.78, 5) is 28.7. The van der Waals surface area contributed by atoms with Crippen molar-refractivity contribution in [3.05, 3.63) is 101 Å². The SMILES string of the molecule is CC(C)NC(=O)[C@H](Cc1ccccc1)N(Cc1ccc(F)cc1)C(=O)CN(c1cccc(Cl)c1)S(C)(=O)=O. The van der Waals surface area contributed by atoms with E-state index >= 15 is 0 Å². The van der Waals surface area contributed by atoms with Gasteiger partial charge in [0, 0.05) is 24.0 Å². The number of nitrogens with zero attached hydrogens (tertiary/aromatic N) is 2. The summed E-state index contributed by atoms with van der Waals surface area (Å²) in [6.45, 7) is 3.04. The third-order valence-electron chi connectivity index (χ3n) is 5.74. The second kappa shape index (κ2) is 12.9. The molecule has 1 atom stereocenters. The number of sulfonamides is 1. The molecule has 0 aliphatic heterocycles. The van der Waals surface area contributed by atoms with Crippen LogP contribution in [0.1, 0.15) is 25.0 Å². The number of anilines is 1. The van der Waals surface area contributed by atoms with Crippen molar-refractivity contribution in [1.82, 2.24) is 10.2 Å². The highest BCUT2D eigenvalue weighted by Gasteiger charge is 2.33. The van der Waals surface area contributed by atoms with E-state index in [9.17, 15) is 22.4 Å². The Morgan fingerprint density at radius 1 is 0.947 bits per heavy atom. The van der Waals surface area contributed by atoms with Crippen LogP contribution in [0.2, 0.25) is 5.02 Å². The Morgan fingerprint density at radius 3 is 2.18 bits per heavy atom. The number of carbonyl (C=O) groups is 2. The van der Waals surface area contributed by atoms with E-state index < -0.39 is 34.3 Å². The second-order valence-electron chi connectivity index (χ2n) is 9.27. The average Bonchev–Trinajstić information content (AvgIpc) is 2.85. The molecule has 0 aromatic heterocycles. The molecule has 202 valence electrons. The van der Waals surface area contributed by atoms with Crippen LogP contribution < -0.4 is 9.62 Å². The highest BCUT2D eigenvalue weighted by molar-refractivity contribution is 7.92. The van der Waals surface area contributed by atoms with E-state index in [4.69, 9.17) is 11.6 Å². The molecule has 2 amide bonds. The highest BCUT2D eigenvalue weighted by Crippen LogP contribution is 2.23. The van der Waals surface area contributed by atoms with E-state index in [1.165, 1.54) is 41.3 Å². The van der Waals surface area contributed by atoms with Gasteiger partial charge in [0.05, 0.1) is 11.9 Å². The van der Waals surface area contributed by atoms with Crippen molar-refractivity contribution in [3.8, 4) is 0 Å². The molecule has 7 nitrogen and oxygen atoms in total. The molecule has 0 spiro atoms. The zero-order valence-electron chi connectivity index (χ0n) is 21.5. The first kappa shape index (κ1) is 29.1. The second-order valence-corrected chi connectivity index (χ2v) is 11.6. The molecule has 3 aromatic carbocycles. The van der Waals surface area contributed by atoms with Crippen molar-refractivity contribution in [2.24, 2.45) is 0 Å². The molecule has 3 aromatic rings. The Morgan fingerprint density at radius 2 is 1.61 bits per heavy atom. The molecule has 3 rings (SSSR count). The molecule has 0 bridgehead atoms. The number of benzene rings is 3. The first-order valence-electron chi connectivity index (χ1n) is 12.1. The molecule has 0 heterocycles. The number of amides is 2. The molecule has 0 aliphatic carbocycles. The molecule has 0 aliphatic rings. The molecule has 1 N–H and O–H groups in total. The Balaban J connectivity index is 2.05. The Bertz CT molecular complexity index is 1350. The van der Waals surface area contributed by atoms with Gasteiger partial charge in [-0.25, -0.2) is 12.8 Å². The molecule has 0 saturated heterocycles. The average molecular weight is 560 g/mol. The lowest BCUT2D eigenvalue weighted by molar-refractivity contribution is -0.140.